The topological polar surface area (TPSA) is 163 Å². The van der Waals surface area contributed by atoms with Gasteiger partial charge in [0, 0.05) is 30.3 Å². The van der Waals surface area contributed by atoms with Crippen molar-refractivity contribution in [3.05, 3.63) is 40.2 Å². The molecule has 10 heteroatoms. The molecule has 0 radical (unpaired) electrons. The standard InChI is InChI=1S/C24H25N3O7/c1-34-26-19-12-9-10-8-11-13(27-6-2-3-7-27)4-5-14(28)16(11)20(29)15(10)21(30)17(12)22(31)18(23(19)32)24(25)33/h4-5,10,12,17,28-29,32H,2-3,6-9H2,1H3,(H2,25,33)/b26-19-. The molecule has 3 unspecified atom stereocenters. The maximum atomic E-state index is 13.6. The SMILES string of the molecule is CO/N=C1\C(O)=C(C(N)=O)C(=O)C2C(=O)C3=C(O)c4c(O)ccc(N5CCCC5)c4CC3CC12. The number of oxime groups is 1. The molecular weight excluding hydrogens is 442 g/mol. The van der Waals surface area contributed by atoms with Gasteiger partial charge in [-0.2, -0.15) is 0 Å². The van der Waals surface area contributed by atoms with Crippen LogP contribution in [0.15, 0.2) is 34.2 Å². The number of phenolic OH excluding ortho intramolecular Hbond substituents is 1. The van der Waals surface area contributed by atoms with Crippen LogP contribution >= 0.6 is 0 Å². The minimum atomic E-state index is -1.38. The van der Waals surface area contributed by atoms with E-state index in [2.05, 4.69) is 10.1 Å². The third-order valence-corrected chi connectivity index (χ3v) is 7.35. The number of aromatic hydroxyl groups is 1. The molecular formula is C24H25N3O7. The van der Waals surface area contributed by atoms with Crippen LogP contribution in [0.25, 0.3) is 5.76 Å². The lowest BCUT2D eigenvalue weighted by molar-refractivity contribution is -0.133. The van der Waals surface area contributed by atoms with Gasteiger partial charge in [-0.3, -0.25) is 14.4 Å². The van der Waals surface area contributed by atoms with Gasteiger partial charge in [0.1, 0.15) is 29.9 Å². The van der Waals surface area contributed by atoms with E-state index in [1.807, 2.05) is 6.07 Å². The minimum absolute atomic E-state index is 0.0398. The zero-order valence-electron chi connectivity index (χ0n) is 18.6. The van der Waals surface area contributed by atoms with Gasteiger partial charge in [-0.05, 0) is 49.3 Å². The predicted octanol–water partition coefficient (Wildman–Crippen LogP) is 1.52. The van der Waals surface area contributed by atoms with E-state index < -0.39 is 46.6 Å². The second-order valence-corrected chi connectivity index (χ2v) is 9.11. The highest BCUT2D eigenvalue weighted by Crippen LogP contribution is 2.50. The number of nitrogens with two attached hydrogens (primary N) is 1. The monoisotopic (exact) mass is 467 g/mol. The number of primary amides is 1. The minimum Gasteiger partial charge on any atom is -0.507 e. The smallest absolute Gasteiger partial charge is 0.256 e. The lowest BCUT2D eigenvalue weighted by atomic mass is 9.60. The van der Waals surface area contributed by atoms with E-state index in [-0.39, 0.29) is 34.8 Å². The number of benzene rings is 1. The van der Waals surface area contributed by atoms with Crippen molar-refractivity contribution < 1.29 is 34.5 Å². The number of carbonyl (C=O) groups is 3. The van der Waals surface area contributed by atoms with Crippen LogP contribution in [0.5, 0.6) is 5.75 Å². The summed E-state index contributed by atoms with van der Waals surface area (Å²) in [6.07, 6.45) is 2.64. The maximum absolute atomic E-state index is 13.6. The highest BCUT2D eigenvalue weighted by atomic mass is 16.6. The van der Waals surface area contributed by atoms with Crippen molar-refractivity contribution in [2.75, 3.05) is 25.1 Å². The number of fused-ring (bicyclic) bond motifs is 3. The summed E-state index contributed by atoms with van der Waals surface area (Å²) in [7, 11) is 1.25. The van der Waals surface area contributed by atoms with E-state index in [1.165, 1.54) is 13.2 Å². The molecule has 1 amide bonds. The first-order chi connectivity index (χ1) is 16.3. The zero-order valence-corrected chi connectivity index (χ0v) is 18.6. The normalized spacial score (nSPS) is 27.6. The van der Waals surface area contributed by atoms with Gasteiger partial charge < -0.3 is 30.8 Å². The van der Waals surface area contributed by atoms with Crippen molar-refractivity contribution in [1.29, 1.82) is 0 Å². The number of allylic oxidation sites excluding steroid dienone is 2. The number of aliphatic hydroxyl groups excluding tert-OH is 2. The Labute approximate surface area is 195 Å². The Bertz CT molecular complexity index is 1220. The molecule has 0 spiro atoms. The first kappa shape index (κ1) is 22.0. The second-order valence-electron chi connectivity index (χ2n) is 9.11. The van der Waals surface area contributed by atoms with Crippen molar-refractivity contribution in [1.82, 2.24) is 0 Å². The van der Waals surface area contributed by atoms with E-state index in [0.717, 1.165) is 37.2 Å². The van der Waals surface area contributed by atoms with Crippen molar-refractivity contribution in [3.63, 3.8) is 0 Å². The number of anilines is 1. The molecule has 1 heterocycles. The number of aliphatic hydroxyl groups is 2. The summed E-state index contributed by atoms with van der Waals surface area (Å²) >= 11 is 0. The fourth-order valence-electron chi connectivity index (χ4n) is 5.93. The Kier molecular flexibility index (Phi) is 5.11. The van der Waals surface area contributed by atoms with Crippen molar-refractivity contribution in [2.45, 2.75) is 25.7 Å². The quantitative estimate of drug-likeness (QED) is 0.295. The Morgan fingerprint density at radius 2 is 1.82 bits per heavy atom. The van der Waals surface area contributed by atoms with Gasteiger partial charge in [-0.15, -0.1) is 0 Å². The summed E-state index contributed by atoms with van der Waals surface area (Å²) in [5.41, 5.74) is 6.39. The third kappa shape index (κ3) is 3.01. The van der Waals surface area contributed by atoms with Crippen LogP contribution in [0.1, 0.15) is 30.4 Å². The lowest BCUT2D eigenvalue weighted by Crippen LogP contribution is -2.50. The summed E-state index contributed by atoms with van der Waals surface area (Å²) in [5.74, 6) is -6.66. The molecule has 4 aliphatic rings. The van der Waals surface area contributed by atoms with Crippen molar-refractivity contribution in [2.24, 2.45) is 28.6 Å². The molecule has 5 rings (SSSR count). The third-order valence-electron chi connectivity index (χ3n) is 7.35. The maximum Gasteiger partial charge on any atom is 0.256 e. The molecule has 3 atom stereocenters. The van der Waals surface area contributed by atoms with Crippen molar-refractivity contribution in [3.8, 4) is 5.75 Å². The average Bonchev–Trinajstić information content (AvgIpc) is 3.30. The molecule has 34 heavy (non-hydrogen) atoms. The Morgan fingerprint density at radius 1 is 1.12 bits per heavy atom. The van der Waals surface area contributed by atoms with Gasteiger partial charge in [0.05, 0.1) is 11.5 Å². The number of nitrogens with zero attached hydrogens (tertiary/aromatic N) is 2. The number of Topliss-reactive ketones (excluding diaryl/α,β-unsaturated/α-hetero) is 2. The predicted molar refractivity (Wildman–Crippen MR) is 121 cm³/mol. The van der Waals surface area contributed by atoms with Crippen LogP contribution in [-0.4, -0.2) is 58.7 Å². The summed E-state index contributed by atoms with van der Waals surface area (Å²) < 4.78 is 0. The van der Waals surface area contributed by atoms with E-state index in [0.29, 0.717) is 6.42 Å². The summed E-state index contributed by atoms with van der Waals surface area (Å²) in [6, 6.07) is 3.32. The van der Waals surface area contributed by atoms with Gasteiger partial charge in [0.15, 0.2) is 17.3 Å². The molecule has 1 aromatic carbocycles. The summed E-state index contributed by atoms with van der Waals surface area (Å²) in [6.45, 7) is 1.72. The van der Waals surface area contributed by atoms with Crippen LogP contribution in [0.3, 0.4) is 0 Å². The zero-order chi connectivity index (χ0) is 24.3. The summed E-state index contributed by atoms with van der Waals surface area (Å²) in [5, 5.41) is 36.2. The number of amides is 1. The van der Waals surface area contributed by atoms with E-state index in [1.54, 1.807) is 0 Å². The van der Waals surface area contributed by atoms with Crippen LogP contribution in [0.2, 0.25) is 0 Å². The summed E-state index contributed by atoms with van der Waals surface area (Å²) in [4.78, 5) is 45.6. The van der Waals surface area contributed by atoms with Gasteiger partial charge in [-0.25, -0.2) is 0 Å². The molecule has 5 N–H and O–H groups in total. The van der Waals surface area contributed by atoms with E-state index >= 15 is 0 Å². The van der Waals surface area contributed by atoms with Gasteiger partial charge in [-0.1, -0.05) is 5.16 Å². The molecule has 1 saturated heterocycles. The Morgan fingerprint density at radius 3 is 2.47 bits per heavy atom. The number of carbonyl (C=O) groups excluding carboxylic acids is 3. The van der Waals surface area contributed by atoms with Crippen LogP contribution in [-0.2, 0) is 25.6 Å². The highest BCUT2D eigenvalue weighted by molar-refractivity contribution is 6.34. The molecule has 1 saturated carbocycles. The Hall–Kier alpha value is -3.82. The van der Waals surface area contributed by atoms with Gasteiger partial charge in [0.25, 0.3) is 5.91 Å². The van der Waals surface area contributed by atoms with Crippen LogP contribution in [0.4, 0.5) is 5.69 Å². The molecule has 0 bridgehead atoms. The van der Waals surface area contributed by atoms with Crippen LogP contribution < -0.4 is 10.6 Å². The molecule has 10 nitrogen and oxygen atoms in total. The van der Waals surface area contributed by atoms with E-state index in [4.69, 9.17) is 10.6 Å². The first-order valence-corrected chi connectivity index (χ1v) is 11.2. The first-order valence-electron chi connectivity index (χ1n) is 11.2. The fourth-order valence-corrected chi connectivity index (χ4v) is 5.93. The average molecular weight is 467 g/mol. The molecule has 3 aliphatic carbocycles. The van der Waals surface area contributed by atoms with Crippen LogP contribution in [0, 0.1) is 17.8 Å². The highest BCUT2D eigenvalue weighted by Gasteiger charge is 2.54. The number of phenols is 1. The number of ketones is 2. The number of hydrogen-bond donors (Lipinski definition) is 4. The second kappa shape index (κ2) is 7.89. The molecule has 1 aliphatic heterocycles. The van der Waals surface area contributed by atoms with E-state index in [9.17, 15) is 29.7 Å². The Balaban J connectivity index is 1.66. The number of rotatable bonds is 3. The largest absolute Gasteiger partial charge is 0.507 e. The molecule has 2 fully saturated rings. The lowest BCUT2D eigenvalue weighted by Gasteiger charge is -2.41. The number of hydrogen-bond acceptors (Lipinski definition) is 9. The molecule has 178 valence electrons. The molecule has 0 aromatic heterocycles. The van der Waals surface area contributed by atoms with Gasteiger partial charge in [0.2, 0.25) is 0 Å². The van der Waals surface area contributed by atoms with Crippen molar-refractivity contribution >= 4 is 34.6 Å². The van der Waals surface area contributed by atoms with Gasteiger partial charge >= 0.3 is 0 Å². The fraction of sp³-hybridized carbons (Fsp3) is 0.417. The molecule has 1 aromatic rings.